The van der Waals surface area contributed by atoms with Gasteiger partial charge in [-0.15, -0.1) is 11.8 Å². The Hall–Kier alpha value is -0.840. The maximum atomic E-state index is 13.5. The molecule has 0 N–H and O–H groups in total. The van der Waals surface area contributed by atoms with E-state index in [9.17, 15) is 9.18 Å². The van der Waals surface area contributed by atoms with Gasteiger partial charge in [-0.2, -0.15) is 0 Å². The number of Topliss-reactive ketones (excluding diaryl/α,β-unsaturated/α-hetero) is 1. The van der Waals surface area contributed by atoms with Crippen molar-refractivity contribution in [3.63, 3.8) is 0 Å². The van der Waals surface area contributed by atoms with E-state index in [0.29, 0.717) is 16.3 Å². The van der Waals surface area contributed by atoms with Crippen LogP contribution in [0.15, 0.2) is 51.8 Å². The number of hydrogen-bond acceptors (Lipinski definition) is 2. The third-order valence-electron chi connectivity index (χ3n) is 2.61. The fourth-order valence-electron chi connectivity index (χ4n) is 1.64. The minimum Gasteiger partial charge on any atom is -0.298 e. The number of rotatable bonds is 5. The van der Waals surface area contributed by atoms with Crippen molar-refractivity contribution in [3.05, 3.63) is 63.3 Å². The van der Waals surface area contributed by atoms with Crippen molar-refractivity contribution < 1.29 is 9.18 Å². The smallest absolute Gasteiger partial charge is 0.147 e. The van der Waals surface area contributed by atoms with Gasteiger partial charge in [0.1, 0.15) is 11.6 Å². The van der Waals surface area contributed by atoms with E-state index in [4.69, 9.17) is 11.6 Å². The summed E-state index contributed by atoms with van der Waals surface area (Å²) in [6.07, 6.45) is 0.0654. The fraction of sp³-hybridized carbons (Fsp3) is 0.133. The molecule has 2 rings (SSSR count). The summed E-state index contributed by atoms with van der Waals surface area (Å²) in [6.45, 7) is 0. The topological polar surface area (TPSA) is 17.1 Å². The molecule has 1 nitrogen and oxygen atoms in total. The summed E-state index contributed by atoms with van der Waals surface area (Å²) in [7, 11) is 0. The molecule has 0 amide bonds. The molecule has 0 fully saturated rings. The minimum absolute atomic E-state index is 0.0286. The monoisotopic (exact) mass is 372 g/mol. The zero-order valence-electron chi connectivity index (χ0n) is 10.4. The number of thioether (sulfide) groups is 1. The van der Waals surface area contributed by atoms with Crippen LogP contribution >= 0.6 is 39.3 Å². The van der Waals surface area contributed by atoms with Crippen LogP contribution in [0.4, 0.5) is 4.39 Å². The van der Waals surface area contributed by atoms with E-state index in [0.717, 1.165) is 9.37 Å². The molecule has 0 aromatic heterocycles. The van der Waals surface area contributed by atoms with Gasteiger partial charge in [-0.25, -0.2) is 4.39 Å². The first-order valence-corrected chi connectivity index (χ1v) is 8.04. The van der Waals surface area contributed by atoms with Crippen LogP contribution in [0.5, 0.6) is 0 Å². The Morgan fingerprint density at radius 3 is 2.60 bits per heavy atom. The van der Waals surface area contributed by atoms with Gasteiger partial charge in [0.05, 0.1) is 5.75 Å². The highest BCUT2D eigenvalue weighted by Crippen LogP contribution is 2.22. The van der Waals surface area contributed by atoms with Crippen molar-refractivity contribution in [2.45, 2.75) is 11.3 Å². The summed E-state index contributed by atoms with van der Waals surface area (Å²) in [4.78, 5) is 12.9. The van der Waals surface area contributed by atoms with Crippen LogP contribution in [0.25, 0.3) is 0 Å². The van der Waals surface area contributed by atoms with Crippen LogP contribution in [0.1, 0.15) is 5.56 Å². The number of hydrogen-bond donors (Lipinski definition) is 0. The fourth-order valence-corrected chi connectivity index (χ4v) is 2.85. The number of halogens is 3. The summed E-state index contributed by atoms with van der Waals surface area (Å²) in [6, 6.07) is 12.0. The maximum Gasteiger partial charge on any atom is 0.147 e. The van der Waals surface area contributed by atoms with Gasteiger partial charge in [-0.05, 0) is 48.0 Å². The second kappa shape index (κ2) is 7.25. The maximum absolute atomic E-state index is 13.5. The molecule has 5 heteroatoms. The molecule has 0 saturated carbocycles. The molecule has 0 bridgehead atoms. The van der Waals surface area contributed by atoms with Crippen molar-refractivity contribution in [1.29, 1.82) is 0 Å². The highest BCUT2D eigenvalue weighted by molar-refractivity contribution is 9.10. The Bertz CT molecular complexity index is 616. The number of carbonyl (C=O) groups is 1. The largest absolute Gasteiger partial charge is 0.298 e. The zero-order valence-corrected chi connectivity index (χ0v) is 13.6. The quantitative estimate of drug-likeness (QED) is 0.675. The predicted octanol–water partition coefficient (Wildman–Crippen LogP) is 5.15. The van der Waals surface area contributed by atoms with E-state index in [1.165, 1.54) is 30.0 Å². The Labute approximate surface area is 134 Å². The average molecular weight is 374 g/mol. The molecule has 0 atom stereocenters. The third kappa shape index (κ3) is 4.62. The Kier molecular flexibility index (Phi) is 5.64. The van der Waals surface area contributed by atoms with E-state index in [2.05, 4.69) is 15.9 Å². The second-order valence-electron chi connectivity index (χ2n) is 4.19. The second-order valence-corrected chi connectivity index (χ2v) is 6.59. The molecule has 2 aromatic carbocycles. The minimum atomic E-state index is -0.392. The van der Waals surface area contributed by atoms with Gasteiger partial charge in [-0.3, -0.25) is 4.79 Å². The van der Waals surface area contributed by atoms with Crippen molar-refractivity contribution in [1.82, 2.24) is 0 Å². The SMILES string of the molecule is O=C(CSc1ccc(Br)cc1)Cc1cc(Cl)ccc1F. The van der Waals surface area contributed by atoms with Crippen LogP contribution in [0.3, 0.4) is 0 Å². The summed E-state index contributed by atoms with van der Waals surface area (Å²) in [5.41, 5.74) is 0.346. The molecule has 0 unspecified atom stereocenters. The molecule has 0 radical (unpaired) electrons. The molecule has 0 saturated heterocycles. The molecule has 20 heavy (non-hydrogen) atoms. The van der Waals surface area contributed by atoms with Gasteiger partial charge >= 0.3 is 0 Å². The van der Waals surface area contributed by atoms with Crippen LogP contribution in [-0.4, -0.2) is 11.5 Å². The van der Waals surface area contributed by atoms with Crippen LogP contribution in [-0.2, 0) is 11.2 Å². The Morgan fingerprint density at radius 1 is 1.20 bits per heavy atom. The van der Waals surface area contributed by atoms with E-state index >= 15 is 0 Å². The third-order valence-corrected chi connectivity index (χ3v) is 4.44. The van der Waals surface area contributed by atoms with Gasteiger partial charge in [0.25, 0.3) is 0 Å². The van der Waals surface area contributed by atoms with Gasteiger partial charge in [0.15, 0.2) is 0 Å². The number of carbonyl (C=O) groups excluding carboxylic acids is 1. The van der Waals surface area contributed by atoms with Crippen molar-refractivity contribution in [2.24, 2.45) is 0 Å². The van der Waals surface area contributed by atoms with Crippen molar-refractivity contribution in [2.75, 3.05) is 5.75 Å². The first-order valence-electron chi connectivity index (χ1n) is 5.88. The summed E-state index contributed by atoms with van der Waals surface area (Å²) < 4.78 is 14.5. The highest BCUT2D eigenvalue weighted by atomic mass is 79.9. The normalized spacial score (nSPS) is 10.6. The van der Waals surface area contributed by atoms with Crippen LogP contribution < -0.4 is 0 Å². The summed E-state index contributed by atoms with van der Waals surface area (Å²) in [5, 5.41) is 0.440. The molecule has 0 aliphatic heterocycles. The Balaban J connectivity index is 1.92. The molecule has 0 aliphatic carbocycles. The number of ketones is 1. The van der Waals surface area contributed by atoms with E-state index in [1.807, 2.05) is 24.3 Å². The lowest BCUT2D eigenvalue weighted by Crippen LogP contribution is -2.07. The van der Waals surface area contributed by atoms with Crippen molar-refractivity contribution in [3.8, 4) is 0 Å². The molecule has 104 valence electrons. The first-order chi connectivity index (χ1) is 9.54. The van der Waals surface area contributed by atoms with Gasteiger partial charge < -0.3 is 0 Å². The summed E-state index contributed by atoms with van der Waals surface area (Å²) >= 11 is 10.6. The van der Waals surface area contributed by atoms with E-state index in [1.54, 1.807) is 0 Å². The standard InChI is InChI=1S/C15H11BrClFOS/c16-11-1-4-14(5-2-11)20-9-13(19)8-10-7-12(17)3-6-15(10)18/h1-7H,8-9H2. The van der Waals surface area contributed by atoms with Crippen LogP contribution in [0.2, 0.25) is 5.02 Å². The molecule has 0 aliphatic rings. The van der Waals surface area contributed by atoms with Crippen molar-refractivity contribution >= 4 is 45.1 Å². The predicted molar refractivity (Wildman–Crippen MR) is 85.0 cm³/mol. The first kappa shape index (κ1) is 15.5. The zero-order chi connectivity index (χ0) is 14.5. The van der Waals surface area contributed by atoms with Gasteiger partial charge in [0.2, 0.25) is 0 Å². The molecular weight excluding hydrogens is 363 g/mol. The lowest BCUT2D eigenvalue weighted by molar-refractivity contribution is -0.116. The molecule has 0 heterocycles. The average Bonchev–Trinajstić information content (AvgIpc) is 2.42. The molecular formula is C15H11BrClFOS. The Morgan fingerprint density at radius 2 is 1.90 bits per heavy atom. The lowest BCUT2D eigenvalue weighted by Gasteiger charge is -2.04. The molecule has 0 spiro atoms. The number of benzene rings is 2. The molecule has 2 aromatic rings. The van der Waals surface area contributed by atoms with Gasteiger partial charge in [0, 0.05) is 20.8 Å². The van der Waals surface area contributed by atoms with Crippen LogP contribution in [0, 0.1) is 5.82 Å². The van der Waals surface area contributed by atoms with E-state index in [-0.39, 0.29) is 12.2 Å². The lowest BCUT2D eigenvalue weighted by atomic mass is 10.1. The van der Waals surface area contributed by atoms with E-state index < -0.39 is 5.82 Å². The van der Waals surface area contributed by atoms with Gasteiger partial charge in [-0.1, -0.05) is 27.5 Å². The summed E-state index contributed by atoms with van der Waals surface area (Å²) in [5.74, 6) is -0.108. The highest BCUT2D eigenvalue weighted by Gasteiger charge is 2.09.